The molecular formula is C22H14O3S2. The third kappa shape index (κ3) is 2.10. The summed E-state index contributed by atoms with van der Waals surface area (Å²) in [6.45, 7) is 0. The Kier molecular flexibility index (Phi) is 3.11. The maximum atomic E-state index is 9.96. The summed E-state index contributed by atoms with van der Waals surface area (Å²) >= 11 is 3.70. The van der Waals surface area contributed by atoms with Gasteiger partial charge in [-0.25, -0.2) is 0 Å². The van der Waals surface area contributed by atoms with E-state index in [2.05, 4.69) is 22.9 Å². The number of ether oxygens (including phenoxy) is 1. The van der Waals surface area contributed by atoms with Gasteiger partial charge in [-0.15, -0.1) is 23.1 Å². The van der Waals surface area contributed by atoms with Gasteiger partial charge in [0, 0.05) is 39.6 Å². The Morgan fingerprint density at radius 2 is 1.56 bits per heavy atom. The average Bonchev–Trinajstić information content (AvgIpc) is 3.34. The third-order valence-electron chi connectivity index (χ3n) is 5.37. The van der Waals surface area contributed by atoms with Gasteiger partial charge in [-0.1, -0.05) is 6.08 Å². The standard InChI is InChI=1S/C22H14O3S2/c23-11-1-3-13-17(9-11)25-18-10-12(24)2-4-14(18)19(13)20-15-5-7-26-21(15)22-16(20)6-8-27-22/h1-10,15,21,23-24H. The van der Waals surface area contributed by atoms with Crippen molar-refractivity contribution in [2.75, 3.05) is 0 Å². The number of benzene rings is 2. The molecule has 2 aliphatic heterocycles. The Bertz CT molecular complexity index is 1120. The van der Waals surface area contributed by atoms with E-state index in [1.54, 1.807) is 24.3 Å². The number of phenols is 2. The molecule has 2 atom stereocenters. The van der Waals surface area contributed by atoms with Crippen LogP contribution in [0, 0.1) is 5.92 Å². The number of thioether (sulfide) groups is 1. The van der Waals surface area contributed by atoms with Gasteiger partial charge < -0.3 is 14.9 Å². The zero-order valence-electron chi connectivity index (χ0n) is 14.0. The van der Waals surface area contributed by atoms with Crippen molar-refractivity contribution in [3.05, 3.63) is 80.9 Å². The van der Waals surface area contributed by atoms with Gasteiger partial charge in [0.2, 0.25) is 0 Å². The number of rotatable bonds is 0. The molecule has 0 spiro atoms. The van der Waals surface area contributed by atoms with Crippen LogP contribution in [0.1, 0.15) is 26.8 Å². The lowest BCUT2D eigenvalue weighted by molar-refractivity contribution is 0.441. The van der Waals surface area contributed by atoms with Gasteiger partial charge in [0.25, 0.3) is 0 Å². The number of allylic oxidation sites excluding steroid dienone is 2. The first kappa shape index (κ1) is 15.4. The van der Waals surface area contributed by atoms with E-state index in [0.29, 0.717) is 22.7 Å². The second-order valence-electron chi connectivity index (χ2n) is 6.86. The average molecular weight is 390 g/mol. The normalized spacial score (nSPS) is 21.5. The van der Waals surface area contributed by atoms with E-state index in [1.165, 1.54) is 16.0 Å². The molecule has 1 aromatic heterocycles. The first-order valence-corrected chi connectivity index (χ1v) is 10.5. The van der Waals surface area contributed by atoms with Crippen LogP contribution in [0.2, 0.25) is 0 Å². The van der Waals surface area contributed by atoms with Crippen molar-refractivity contribution >= 4 is 34.2 Å². The van der Waals surface area contributed by atoms with Gasteiger partial charge in [-0.05, 0) is 52.3 Å². The van der Waals surface area contributed by atoms with Crippen LogP contribution < -0.4 is 4.74 Å². The number of fused-ring (bicyclic) bond motifs is 5. The summed E-state index contributed by atoms with van der Waals surface area (Å²) < 4.78 is 6.03. The second kappa shape index (κ2) is 5.44. The molecule has 0 amide bonds. The predicted molar refractivity (Wildman–Crippen MR) is 109 cm³/mol. The van der Waals surface area contributed by atoms with Crippen molar-refractivity contribution in [1.29, 1.82) is 0 Å². The lowest BCUT2D eigenvalue weighted by Gasteiger charge is -2.26. The number of phenolic OH excluding ortho intramolecular Hbond substituents is 2. The zero-order valence-corrected chi connectivity index (χ0v) is 15.7. The molecule has 5 heteroatoms. The van der Waals surface area contributed by atoms with E-state index < -0.39 is 0 Å². The van der Waals surface area contributed by atoms with Crippen LogP contribution in [0.25, 0.3) is 11.1 Å². The number of hydrogen-bond donors (Lipinski definition) is 2. The summed E-state index contributed by atoms with van der Waals surface area (Å²) in [4.78, 5) is 1.42. The van der Waals surface area contributed by atoms with Gasteiger partial charge in [0.05, 0.1) is 5.25 Å². The molecule has 0 fully saturated rings. The number of aromatic hydroxyl groups is 2. The Balaban J connectivity index is 1.72. The lowest BCUT2D eigenvalue weighted by Crippen LogP contribution is -2.07. The summed E-state index contributed by atoms with van der Waals surface area (Å²) in [5.41, 5.74) is 5.69. The topological polar surface area (TPSA) is 49.7 Å². The van der Waals surface area contributed by atoms with Gasteiger partial charge in [0.1, 0.15) is 23.0 Å². The second-order valence-corrected chi connectivity index (χ2v) is 8.86. The first-order valence-electron chi connectivity index (χ1n) is 8.69. The van der Waals surface area contributed by atoms with Crippen molar-refractivity contribution in [3.8, 4) is 23.0 Å². The summed E-state index contributed by atoms with van der Waals surface area (Å²) in [6.07, 6.45) is 2.29. The van der Waals surface area contributed by atoms with Crippen LogP contribution in [0.5, 0.6) is 23.0 Å². The zero-order chi connectivity index (χ0) is 18.1. The number of hydrogen-bond acceptors (Lipinski definition) is 5. The molecule has 27 heavy (non-hydrogen) atoms. The Labute approximate surface area is 164 Å². The minimum absolute atomic E-state index is 0.165. The molecule has 3 aliphatic rings. The summed E-state index contributed by atoms with van der Waals surface area (Å²) in [7, 11) is 0. The fourth-order valence-corrected chi connectivity index (χ4v) is 6.62. The van der Waals surface area contributed by atoms with Crippen molar-refractivity contribution < 1.29 is 14.9 Å². The van der Waals surface area contributed by atoms with Crippen molar-refractivity contribution in [2.45, 2.75) is 5.25 Å². The van der Waals surface area contributed by atoms with Gasteiger partial charge in [-0.2, -0.15) is 0 Å². The molecule has 3 aromatic rings. The van der Waals surface area contributed by atoms with Crippen molar-refractivity contribution in [3.63, 3.8) is 0 Å². The maximum absolute atomic E-state index is 9.96. The monoisotopic (exact) mass is 390 g/mol. The number of thiophene rings is 1. The summed E-state index contributed by atoms with van der Waals surface area (Å²) in [5, 5.41) is 24.7. The highest BCUT2D eigenvalue weighted by atomic mass is 32.2. The molecule has 2 N–H and O–H groups in total. The van der Waals surface area contributed by atoms with Crippen LogP contribution in [0.15, 0.2) is 59.3 Å². The fraction of sp³-hybridized carbons (Fsp3) is 0.0909. The molecule has 1 aliphatic carbocycles. The van der Waals surface area contributed by atoms with Gasteiger partial charge in [-0.3, -0.25) is 0 Å². The molecule has 2 unspecified atom stereocenters. The van der Waals surface area contributed by atoms with Crippen molar-refractivity contribution in [1.82, 2.24) is 0 Å². The van der Waals surface area contributed by atoms with Crippen LogP contribution in [-0.2, 0) is 0 Å². The highest BCUT2D eigenvalue weighted by molar-refractivity contribution is 8.02. The van der Waals surface area contributed by atoms with Gasteiger partial charge >= 0.3 is 0 Å². The fourth-order valence-electron chi connectivity index (χ4n) is 4.28. The Hall–Kier alpha value is -2.63. The lowest BCUT2D eigenvalue weighted by atomic mass is 9.84. The summed E-state index contributed by atoms with van der Waals surface area (Å²) in [5.74, 6) is 1.89. The van der Waals surface area contributed by atoms with E-state index in [1.807, 2.05) is 35.2 Å². The molecule has 2 aromatic carbocycles. The van der Waals surface area contributed by atoms with E-state index in [0.717, 1.165) is 16.7 Å². The Morgan fingerprint density at radius 3 is 2.26 bits per heavy atom. The molecule has 3 heterocycles. The minimum Gasteiger partial charge on any atom is -0.508 e. The molecular weight excluding hydrogens is 376 g/mol. The summed E-state index contributed by atoms with van der Waals surface area (Å²) in [6, 6.07) is 12.8. The molecule has 0 bridgehead atoms. The predicted octanol–water partition coefficient (Wildman–Crippen LogP) is 6.16. The Morgan fingerprint density at radius 1 is 0.852 bits per heavy atom. The first-order chi connectivity index (χ1) is 13.2. The quantitative estimate of drug-likeness (QED) is 0.378. The van der Waals surface area contributed by atoms with Gasteiger partial charge in [0.15, 0.2) is 0 Å². The smallest absolute Gasteiger partial charge is 0.139 e. The van der Waals surface area contributed by atoms with E-state index in [-0.39, 0.29) is 11.5 Å². The molecule has 0 saturated heterocycles. The third-order valence-corrected chi connectivity index (χ3v) is 7.66. The molecule has 0 radical (unpaired) electrons. The molecule has 132 valence electrons. The minimum atomic E-state index is 0.165. The maximum Gasteiger partial charge on any atom is 0.139 e. The van der Waals surface area contributed by atoms with Crippen LogP contribution in [0.4, 0.5) is 0 Å². The highest BCUT2D eigenvalue weighted by Gasteiger charge is 2.42. The highest BCUT2D eigenvalue weighted by Crippen LogP contribution is 2.62. The van der Waals surface area contributed by atoms with E-state index >= 15 is 0 Å². The van der Waals surface area contributed by atoms with Crippen LogP contribution in [0.3, 0.4) is 0 Å². The van der Waals surface area contributed by atoms with Crippen LogP contribution >= 0.6 is 23.1 Å². The molecule has 3 nitrogen and oxygen atoms in total. The largest absolute Gasteiger partial charge is 0.508 e. The SMILES string of the molecule is Oc1ccc2c(c1)Oc1cc(O)ccc1C2=C1c2ccsc2C2SC=CC12. The van der Waals surface area contributed by atoms with Crippen molar-refractivity contribution in [2.24, 2.45) is 5.92 Å². The van der Waals surface area contributed by atoms with E-state index in [4.69, 9.17) is 4.74 Å². The van der Waals surface area contributed by atoms with Crippen LogP contribution in [-0.4, -0.2) is 10.2 Å². The molecule has 6 rings (SSSR count). The molecule has 0 saturated carbocycles. The van der Waals surface area contributed by atoms with E-state index in [9.17, 15) is 10.2 Å².